The number of carbonyl (C=O) groups is 2. The highest BCUT2D eigenvalue weighted by atomic mass is 32.2. The van der Waals surface area contributed by atoms with Gasteiger partial charge < -0.3 is 10.2 Å². The van der Waals surface area contributed by atoms with Gasteiger partial charge in [-0.05, 0) is 10.8 Å². The van der Waals surface area contributed by atoms with Crippen LogP contribution in [0.5, 0.6) is 0 Å². The van der Waals surface area contributed by atoms with E-state index in [1.165, 1.54) is 23.5 Å². The van der Waals surface area contributed by atoms with E-state index < -0.39 is 16.0 Å². The minimum absolute atomic E-state index is 0.137. The summed E-state index contributed by atoms with van der Waals surface area (Å²) in [4.78, 5) is 21.0. The third-order valence-electron chi connectivity index (χ3n) is 1.46. The Balaban J connectivity index is 2.64. The first-order valence-corrected chi connectivity index (χ1v) is 5.24. The minimum atomic E-state index is -0.968. The zero-order valence-electron chi connectivity index (χ0n) is 6.60. The molecule has 6 heteroatoms. The first kappa shape index (κ1) is 10.5. The fraction of sp³-hybridized carbons (Fsp3) is 0.429. The molecule has 0 saturated carbocycles. The molecule has 0 aromatic carbocycles. The Morgan fingerprint density at radius 3 is 1.77 bits per heavy atom. The second-order valence-electron chi connectivity index (χ2n) is 2.56. The van der Waals surface area contributed by atoms with Crippen LogP contribution in [0.15, 0.2) is 10.8 Å². The van der Waals surface area contributed by atoms with Crippen LogP contribution < -0.4 is 0 Å². The highest BCUT2D eigenvalue weighted by molar-refractivity contribution is 8.23. The molecule has 0 fully saturated rings. The molecule has 1 aliphatic heterocycles. The maximum Gasteiger partial charge on any atom is 0.305 e. The molecule has 72 valence electrons. The van der Waals surface area contributed by atoms with Gasteiger partial charge in [0, 0.05) is 0 Å². The summed E-state index contributed by atoms with van der Waals surface area (Å²) in [5.74, 6) is -1.94. The van der Waals surface area contributed by atoms with E-state index in [0.717, 1.165) is 0 Å². The SMILES string of the molecule is O=C(O)CC1(CC(=O)O)SC=CS1. The van der Waals surface area contributed by atoms with Crippen LogP contribution >= 0.6 is 23.5 Å². The van der Waals surface area contributed by atoms with Crippen molar-refractivity contribution in [1.29, 1.82) is 0 Å². The number of thioether (sulfide) groups is 2. The zero-order valence-corrected chi connectivity index (χ0v) is 8.23. The summed E-state index contributed by atoms with van der Waals surface area (Å²) >= 11 is 2.53. The van der Waals surface area contributed by atoms with Crippen molar-refractivity contribution in [1.82, 2.24) is 0 Å². The number of hydrogen-bond acceptors (Lipinski definition) is 4. The van der Waals surface area contributed by atoms with Crippen LogP contribution in [0.1, 0.15) is 12.8 Å². The molecular formula is C7H8O4S2. The lowest BCUT2D eigenvalue weighted by Crippen LogP contribution is -2.25. The van der Waals surface area contributed by atoms with Crippen LogP contribution in [0.4, 0.5) is 0 Å². The van der Waals surface area contributed by atoms with E-state index in [4.69, 9.17) is 10.2 Å². The van der Waals surface area contributed by atoms with Gasteiger partial charge in [0.05, 0.1) is 16.9 Å². The molecule has 0 amide bonds. The number of carboxylic acids is 2. The van der Waals surface area contributed by atoms with Gasteiger partial charge in [0.1, 0.15) is 0 Å². The van der Waals surface area contributed by atoms with E-state index in [-0.39, 0.29) is 12.8 Å². The number of carboxylic acid groups (broad SMARTS) is 2. The Hall–Kier alpha value is -0.620. The van der Waals surface area contributed by atoms with Crippen LogP contribution in [-0.4, -0.2) is 26.2 Å². The summed E-state index contributed by atoms with van der Waals surface area (Å²) in [6.45, 7) is 0. The summed E-state index contributed by atoms with van der Waals surface area (Å²) in [6.07, 6.45) is -0.275. The molecule has 0 unspecified atom stereocenters. The molecule has 0 atom stereocenters. The van der Waals surface area contributed by atoms with Crippen LogP contribution in [0, 0.1) is 0 Å². The number of hydrogen-bond donors (Lipinski definition) is 2. The van der Waals surface area contributed by atoms with Crippen molar-refractivity contribution >= 4 is 35.5 Å². The van der Waals surface area contributed by atoms with Gasteiger partial charge in [-0.2, -0.15) is 0 Å². The molecule has 13 heavy (non-hydrogen) atoms. The van der Waals surface area contributed by atoms with Gasteiger partial charge in [-0.1, -0.05) is 0 Å². The first-order valence-electron chi connectivity index (χ1n) is 3.48. The third kappa shape index (κ3) is 2.96. The largest absolute Gasteiger partial charge is 0.481 e. The Labute approximate surface area is 83.4 Å². The lowest BCUT2D eigenvalue weighted by atomic mass is 10.2. The van der Waals surface area contributed by atoms with Crippen molar-refractivity contribution in [2.45, 2.75) is 16.9 Å². The van der Waals surface area contributed by atoms with Crippen LogP contribution in [0.2, 0.25) is 0 Å². The molecule has 1 rings (SSSR count). The molecule has 0 saturated heterocycles. The summed E-state index contributed by atoms with van der Waals surface area (Å²) in [7, 11) is 0. The van der Waals surface area contributed by atoms with Crippen molar-refractivity contribution in [2.24, 2.45) is 0 Å². The van der Waals surface area contributed by atoms with E-state index in [2.05, 4.69) is 0 Å². The maximum atomic E-state index is 10.5. The van der Waals surface area contributed by atoms with Gasteiger partial charge in [0.2, 0.25) is 0 Å². The zero-order chi connectivity index (χ0) is 9.90. The van der Waals surface area contributed by atoms with E-state index in [0.29, 0.717) is 0 Å². The molecule has 0 aliphatic carbocycles. The maximum absolute atomic E-state index is 10.5. The molecule has 4 nitrogen and oxygen atoms in total. The first-order chi connectivity index (χ1) is 6.04. The van der Waals surface area contributed by atoms with E-state index in [1.54, 1.807) is 10.8 Å². The lowest BCUT2D eigenvalue weighted by molar-refractivity contribution is -0.138. The van der Waals surface area contributed by atoms with Gasteiger partial charge in [0.15, 0.2) is 0 Å². The Kier molecular flexibility index (Phi) is 3.27. The predicted octanol–water partition coefficient (Wildman–Crippen LogP) is 1.58. The standard InChI is InChI=1S/C7H8O4S2/c8-5(9)3-7(4-6(10)11)12-1-2-13-7/h1-2H,3-4H2,(H,8,9)(H,10,11). The highest BCUT2D eigenvalue weighted by Crippen LogP contribution is 2.49. The summed E-state index contributed by atoms with van der Waals surface area (Å²) in [5.41, 5.74) is 0. The van der Waals surface area contributed by atoms with Crippen LogP contribution in [0.25, 0.3) is 0 Å². The average Bonchev–Trinajstić information content (AvgIpc) is 2.33. The Morgan fingerprint density at radius 2 is 1.46 bits per heavy atom. The van der Waals surface area contributed by atoms with Crippen molar-refractivity contribution in [3.63, 3.8) is 0 Å². The quantitative estimate of drug-likeness (QED) is 0.749. The van der Waals surface area contributed by atoms with Gasteiger partial charge in [-0.25, -0.2) is 0 Å². The molecule has 0 bridgehead atoms. The molecule has 0 spiro atoms. The predicted molar refractivity (Wildman–Crippen MR) is 51.6 cm³/mol. The normalized spacial score (nSPS) is 18.8. The fourth-order valence-corrected chi connectivity index (χ4v) is 3.34. The molecule has 1 heterocycles. The minimum Gasteiger partial charge on any atom is -0.481 e. The third-order valence-corrected chi connectivity index (χ3v) is 4.19. The molecule has 0 radical (unpaired) electrons. The van der Waals surface area contributed by atoms with E-state index >= 15 is 0 Å². The molecule has 2 N–H and O–H groups in total. The van der Waals surface area contributed by atoms with Crippen LogP contribution in [-0.2, 0) is 9.59 Å². The smallest absolute Gasteiger partial charge is 0.305 e. The second kappa shape index (κ2) is 4.06. The molecule has 1 aliphatic rings. The van der Waals surface area contributed by atoms with Crippen molar-refractivity contribution in [2.75, 3.05) is 0 Å². The van der Waals surface area contributed by atoms with Gasteiger partial charge in [-0.3, -0.25) is 9.59 Å². The summed E-state index contributed by atoms with van der Waals surface area (Å²) in [6, 6.07) is 0. The monoisotopic (exact) mass is 220 g/mol. The molecule has 0 aromatic heterocycles. The Bertz CT molecular complexity index is 235. The van der Waals surface area contributed by atoms with Crippen LogP contribution in [0.3, 0.4) is 0 Å². The fourth-order valence-electron chi connectivity index (χ4n) is 1.02. The van der Waals surface area contributed by atoms with Gasteiger partial charge in [-0.15, -0.1) is 23.5 Å². The van der Waals surface area contributed by atoms with Crippen molar-refractivity contribution in [3.05, 3.63) is 10.8 Å². The van der Waals surface area contributed by atoms with E-state index in [1.807, 2.05) is 0 Å². The lowest BCUT2D eigenvalue weighted by Gasteiger charge is -2.22. The van der Waals surface area contributed by atoms with Crippen molar-refractivity contribution < 1.29 is 19.8 Å². The second-order valence-corrected chi connectivity index (χ2v) is 5.40. The Morgan fingerprint density at radius 1 is 1.08 bits per heavy atom. The van der Waals surface area contributed by atoms with Gasteiger partial charge >= 0.3 is 11.9 Å². The van der Waals surface area contributed by atoms with Gasteiger partial charge in [0.25, 0.3) is 0 Å². The topological polar surface area (TPSA) is 74.6 Å². The highest BCUT2D eigenvalue weighted by Gasteiger charge is 2.37. The molecule has 0 aromatic rings. The molecular weight excluding hydrogens is 212 g/mol. The summed E-state index contributed by atoms with van der Waals surface area (Å²) < 4.78 is -0.738. The number of rotatable bonds is 4. The van der Waals surface area contributed by atoms with E-state index in [9.17, 15) is 9.59 Å². The average molecular weight is 220 g/mol. The number of aliphatic carboxylic acids is 2. The van der Waals surface area contributed by atoms with Crippen molar-refractivity contribution in [3.8, 4) is 0 Å². The summed E-state index contributed by atoms with van der Waals surface area (Å²) in [5, 5.41) is 20.7.